The number of nitrogens with one attached hydrogen (secondary N) is 1. The number of benzene rings is 2. The SMILES string of the molecule is CCOc1cc(OCC)c(C(=O)c2ccccc2)cc1/C=C1/NC(=O)N(CC(=O)OC)C1=O. The summed E-state index contributed by atoms with van der Waals surface area (Å²) in [6.45, 7) is 3.73. The Balaban J connectivity index is 2.07. The fourth-order valence-corrected chi connectivity index (χ4v) is 3.23. The van der Waals surface area contributed by atoms with Crippen LogP contribution in [0.1, 0.15) is 35.3 Å². The number of urea groups is 1. The predicted octanol–water partition coefficient (Wildman–Crippen LogP) is 2.78. The normalized spacial score (nSPS) is 14.3. The van der Waals surface area contributed by atoms with Gasteiger partial charge in [0.1, 0.15) is 23.7 Å². The smallest absolute Gasteiger partial charge is 0.329 e. The number of amides is 3. The van der Waals surface area contributed by atoms with E-state index < -0.39 is 24.5 Å². The Hall–Kier alpha value is -4.14. The average molecular weight is 452 g/mol. The van der Waals surface area contributed by atoms with Crippen molar-refractivity contribution in [1.29, 1.82) is 0 Å². The third kappa shape index (κ3) is 5.20. The van der Waals surface area contributed by atoms with Gasteiger partial charge in [-0.3, -0.25) is 14.4 Å². The summed E-state index contributed by atoms with van der Waals surface area (Å²) in [5.74, 6) is -0.988. The summed E-state index contributed by atoms with van der Waals surface area (Å²) in [5.41, 5.74) is 1.08. The molecule has 0 aromatic heterocycles. The van der Waals surface area contributed by atoms with E-state index in [1.54, 1.807) is 50.2 Å². The lowest BCUT2D eigenvalue weighted by atomic mass is 9.99. The van der Waals surface area contributed by atoms with Crippen molar-refractivity contribution in [3.8, 4) is 11.5 Å². The number of nitrogens with zero attached hydrogens (tertiary/aromatic N) is 1. The van der Waals surface area contributed by atoms with Crippen LogP contribution in [0.2, 0.25) is 0 Å². The van der Waals surface area contributed by atoms with E-state index in [1.807, 2.05) is 6.07 Å². The van der Waals surface area contributed by atoms with Gasteiger partial charge in [0.05, 0.1) is 25.9 Å². The van der Waals surface area contributed by atoms with Gasteiger partial charge in [0, 0.05) is 17.2 Å². The second-order valence-electron chi connectivity index (χ2n) is 6.90. The highest BCUT2D eigenvalue weighted by Crippen LogP contribution is 2.33. The highest BCUT2D eigenvalue weighted by molar-refractivity contribution is 6.15. The maximum Gasteiger partial charge on any atom is 0.329 e. The molecule has 1 aliphatic rings. The number of carbonyl (C=O) groups excluding carboxylic acids is 4. The summed E-state index contributed by atoms with van der Waals surface area (Å²) in [6, 6.07) is 11.1. The van der Waals surface area contributed by atoms with Crippen molar-refractivity contribution in [2.45, 2.75) is 13.8 Å². The number of ketones is 1. The fourth-order valence-electron chi connectivity index (χ4n) is 3.23. The minimum atomic E-state index is -0.749. The van der Waals surface area contributed by atoms with Gasteiger partial charge in [0.15, 0.2) is 5.78 Å². The molecule has 33 heavy (non-hydrogen) atoms. The molecule has 0 spiro atoms. The standard InChI is InChI=1S/C24H24N2O7/c1-4-32-19-13-20(33-5-2)17(22(28)15-9-7-6-8-10-15)11-16(19)12-18-23(29)26(24(30)25-18)14-21(27)31-3/h6-13H,4-5,14H2,1-3H3,(H,25,30)/b18-12+. The zero-order valence-electron chi connectivity index (χ0n) is 18.5. The van der Waals surface area contributed by atoms with Gasteiger partial charge >= 0.3 is 12.0 Å². The van der Waals surface area contributed by atoms with Crippen LogP contribution in [0.25, 0.3) is 6.08 Å². The van der Waals surface area contributed by atoms with E-state index in [4.69, 9.17) is 9.47 Å². The number of hydrogen-bond donors (Lipinski definition) is 1. The monoisotopic (exact) mass is 452 g/mol. The first-order valence-corrected chi connectivity index (χ1v) is 10.3. The van der Waals surface area contributed by atoms with Crippen molar-refractivity contribution < 1.29 is 33.4 Å². The minimum absolute atomic E-state index is 0.0628. The summed E-state index contributed by atoms with van der Waals surface area (Å²) in [5, 5.41) is 2.44. The van der Waals surface area contributed by atoms with Gasteiger partial charge in [-0.1, -0.05) is 30.3 Å². The van der Waals surface area contributed by atoms with E-state index in [0.29, 0.717) is 35.8 Å². The molecule has 1 aliphatic heterocycles. The van der Waals surface area contributed by atoms with Crippen LogP contribution in [0.4, 0.5) is 4.79 Å². The van der Waals surface area contributed by atoms with Crippen molar-refractivity contribution in [3.63, 3.8) is 0 Å². The van der Waals surface area contributed by atoms with Crippen LogP contribution in [-0.2, 0) is 14.3 Å². The number of esters is 1. The number of imide groups is 1. The van der Waals surface area contributed by atoms with E-state index in [0.717, 1.165) is 12.0 Å². The second kappa shape index (κ2) is 10.4. The number of hydrogen-bond acceptors (Lipinski definition) is 7. The van der Waals surface area contributed by atoms with Crippen LogP contribution in [0, 0.1) is 0 Å². The molecule has 0 atom stereocenters. The molecule has 3 rings (SSSR count). The molecule has 0 unspecified atom stereocenters. The molecule has 9 nitrogen and oxygen atoms in total. The molecule has 1 heterocycles. The summed E-state index contributed by atoms with van der Waals surface area (Å²) in [4.78, 5) is 50.3. The Morgan fingerprint density at radius 3 is 2.30 bits per heavy atom. The Kier molecular flexibility index (Phi) is 7.45. The Bertz CT molecular complexity index is 1110. The number of rotatable bonds is 9. The lowest BCUT2D eigenvalue weighted by Crippen LogP contribution is -2.36. The van der Waals surface area contributed by atoms with E-state index in [9.17, 15) is 19.2 Å². The summed E-state index contributed by atoms with van der Waals surface area (Å²) < 4.78 is 15.9. The van der Waals surface area contributed by atoms with Gasteiger partial charge in [-0.15, -0.1) is 0 Å². The first-order valence-electron chi connectivity index (χ1n) is 10.3. The molecule has 2 aromatic carbocycles. The molecule has 0 radical (unpaired) electrons. The van der Waals surface area contributed by atoms with Gasteiger partial charge in [-0.2, -0.15) is 0 Å². The molecule has 172 valence electrons. The zero-order valence-corrected chi connectivity index (χ0v) is 18.5. The van der Waals surface area contributed by atoms with Gasteiger partial charge in [-0.05, 0) is 26.0 Å². The van der Waals surface area contributed by atoms with Crippen molar-refractivity contribution in [3.05, 3.63) is 64.9 Å². The van der Waals surface area contributed by atoms with Crippen molar-refractivity contribution in [2.24, 2.45) is 0 Å². The van der Waals surface area contributed by atoms with Gasteiger partial charge in [0.25, 0.3) is 5.91 Å². The quantitative estimate of drug-likeness (QED) is 0.270. The Labute approximate surface area is 190 Å². The van der Waals surface area contributed by atoms with Crippen molar-refractivity contribution >= 4 is 29.8 Å². The predicted molar refractivity (Wildman–Crippen MR) is 119 cm³/mol. The second-order valence-corrected chi connectivity index (χ2v) is 6.90. The highest BCUT2D eigenvalue weighted by Gasteiger charge is 2.35. The van der Waals surface area contributed by atoms with Gasteiger partial charge in [0.2, 0.25) is 0 Å². The molecule has 0 bridgehead atoms. The molecular formula is C24H24N2O7. The van der Waals surface area contributed by atoms with Gasteiger partial charge < -0.3 is 19.5 Å². The van der Waals surface area contributed by atoms with E-state index in [-0.39, 0.29) is 17.0 Å². The summed E-state index contributed by atoms with van der Waals surface area (Å²) in [6.07, 6.45) is 1.40. The van der Waals surface area contributed by atoms with Crippen LogP contribution in [0.15, 0.2) is 48.2 Å². The number of carbonyl (C=O) groups is 4. The first kappa shape index (κ1) is 23.5. The Morgan fingerprint density at radius 2 is 1.67 bits per heavy atom. The average Bonchev–Trinajstić information content (AvgIpc) is 3.08. The summed E-state index contributed by atoms with van der Waals surface area (Å²) in [7, 11) is 1.16. The molecule has 0 saturated carbocycles. The molecule has 9 heteroatoms. The molecule has 1 N–H and O–H groups in total. The summed E-state index contributed by atoms with van der Waals surface area (Å²) >= 11 is 0. The van der Waals surface area contributed by atoms with E-state index >= 15 is 0 Å². The lowest BCUT2D eigenvalue weighted by Gasteiger charge is -2.15. The third-order valence-electron chi connectivity index (χ3n) is 4.77. The molecule has 1 saturated heterocycles. The molecule has 0 aliphatic carbocycles. The van der Waals surface area contributed by atoms with Crippen LogP contribution in [-0.4, -0.2) is 55.5 Å². The van der Waals surface area contributed by atoms with Crippen LogP contribution < -0.4 is 14.8 Å². The van der Waals surface area contributed by atoms with Gasteiger partial charge in [-0.25, -0.2) is 9.69 Å². The molecule has 1 fully saturated rings. The maximum atomic E-state index is 13.2. The third-order valence-corrected chi connectivity index (χ3v) is 4.77. The number of methoxy groups -OCH3 is 1. The first-order chi connectivity index (χ1) is 15.9. The van der Waals surface area contributed by atoms with E-state index in [2.05, 4.69) is 10.1 Å². The van der Waals surface area contributed by atoms with Crippen LogP contribution >= 0.6 is 0 Å². The fraction of sp³-hybridized carbons (Fsp3) is 0.250. The van der Waals surface area contributed by atoms with Crippen molar-refractivity contribution in [1.82, 2.24) is 10.2 Å². The Morgan fingerprint density at radius 1 is 1.00 bits per heavy atom. The maximum absolute atomic E-state index is 13.2. The van der Waals surface area contributed by atoms with Crippen LogP contribution in [0.3, 0.4) is 0 Å². The zero-order chi connectivity index (χ0) is 24.0. The van der Waals surface area contributed by atoms with E-state index in [1.165, 1.54) is 6.08 Å². The molecule has 2 aromatic rings. The van der Waals surface area contributed by atoms with Crippen molar-refractivity contribution in [2.75, 3.05) is 26.9 Å². The largest absolute Gasteiger partial charge is 0.493 e. The highest BCUT2D eigenvalue weighted by atomic mass is 16.5. The topological polar surface area (TPSA) is 111 Å². The lowest BCUT2D eigenvalue weighted by molar-refractivity contribution is -0.143. The number of ether oxygens (including phenoxy) is 3. The van der Waals surface area contributed by atoms with Crippen LogP contribution in [0.5, 0.6) is 11.5 Å². The molecular weight excluding hydrogens is 428 g/mol. The minimum Gasteiger partial charge on any atom is -0.493 e. The molecule has 3 amide bonds.